The van der Waals surface area contributed by atoms with Crippen LogP contribution in [0.4, 0.5) is 5.69 Å². The predicted octanol–water partition coefficient (Wildman–Crippen LogP) is 1.99. The number of aryl methyl sites for hydroxylation is 2. The first-order valence-electron chi connectivity index (χ1n) is 5.45. The lowest BCUT2D eigenvalue weighted by atomic mass is 10.1. The van der Waals surface area contributed by atoms with Crippen LogP contribution in [0, 0.1) is 0 Å². The minimum absolute atomic E-state index is 0.696. The summed E-state index contributed by atoms with van der Waals surface area (Å²) in [6.07, 6.45) is 2.78. The van der Waals surface area contributed by atoms with Crippen LogP contribution >= 0.6 is 0 Å². The molecule has 1 aromatic carbocycles. The Labute approximate surface area is 95.3 Å². The van der Waals surface area contributed by atoms with E-state index in [4.69, 9.17) is 0 Å². The lowest BCUT2D eigenvalue weighted by Crippen LogP contribution is -2.05. The van der Waals surface area contributed by atoms with E-state index in [0.29, 0.717) is 6.54 Å². The fraction of sp³-hybridized carbons (Fsp3) is 0.333. The van der Waals surface area contributed by atoms with E-state index in [-0.39, 0.29) is 0 Å². The monoisotopic (exact) mass is 216 g/mol. The van der Waals surface area contributed by atoms with E-state index in [2.05, 4.69) is 46.7 Å². The Morgan fingerprint density at radius 1 is 1.25 bits per heavy atom. The molecule has 0 aliphatic heterocycles. The van der Waals surface area contributed by atoms with Gasteiger partial charge in [0.15, 0.2) is 5.82 Å². The van der Waals surface area contributed by atoms with Crippen LogP contribution in [-0.2, 0) is 20.0 Å². The highest BCUT2D eigenvalue weighted by atomic mass is 15.3. The van der Waals surface area contributed by atoms with E-state index < -0.39 is 0 Å². The molecule has 2 rings (SSSR count). The van der Waals surface area contributed by atoms with Crippen molar-refractivity contribution in [3.05, 3.63) is 42.0 Å². The summed E-state index contributed by atoms with van der Waals surface area (Å²) in [6.45, 7) is 2.85. The van der Waals surface area contributed by atoms with Crippen LogP contribution in [0.1, 0.15) is 18.3 Å². The van der Waals surface area contributed by atoms with Gasteiger partial charge in [-0.1, -0.05) is 19.1 Å². The third-order valence-corrected chi connectivity index (χ3v) is 2.62. The normalized spacial score (nSPS) is 10.4. The highest BCUT2D eigenvalue weighted by molar-refractivity contribution is 5.44. The maximum absolute atomic E-state index is 4.02. The Balaban J connectivity index is 1.97. The van der Waals surface area contributed by atoms with Crippen LogP contribution in [0.15, 0.2) is 30.6 Å². The molecule has 0 aliphatic carbocycles. The third kappa shape index (κ3) is 2.39. The second kappa shape index (κ2) is 4.79. The van der Waals surface area contributed by atoms with E-state index in [1.165, 1.54) is 5.56 Å². The lowest BCUT2D eigenvalue weighted by molar-refractivity contribution is 0.812. The minimum atomic E-state index is 0.696. The molecule has 1 aromatic heterocycles. The topological polar surface area (TPSA) is 42.7 Å². The molecule has 1 N–H and O–H groups in total. The molecule has 0 radical (unpaired) electrons. The Hall–Kier alpha value is -1.84. The van der Waals surface area contributed by atoms with Gasteiger partial charge in [0.25, 0.3) is 0 Å². The van der Waals surface area contributed by atoms with Crippen molar-refractivity contribution in [3.63, 3.8) is 0 Å². The van der Waals surface area contributed by atoms with Crippen LogP contribution in [0.5, 0.6) is 0 Å². The van der Waals surface area contributed by atoms with Gasteiger partial charge in [-0.3, -0.25) is 0 Å². The van der Waals surface area contributed by atoms with Gasteiger partial charge in [-0.05, 0) is 24.1 Å². The first-order valence-corrected chi connectivity index (χ1v) is 5.45. The van der Waals surface area contributed by atoms with Crippen LogP contribution < -0.4 is 5.32 Å². The zero-order chi connectivity index (χ0) is 11.4. The van der Waals surface area contributed by atoms with Crippen LogP contribution in [-0.4, -0.2) is 14.8 Å². The SMILES string of the molecule is CCc1ccc(NCc2nncn2C)cc1. The molecule has 0 atom stereocenters. The molecule has 4 nitrogen and oxygen atoms in total. The first-order chi connectivity index (χ1) is 7.79. The van der Waals surface area contributed by atoms with E-state index in [1.807, 2.05) is 11.6 Å². The molecule has 0 bridgehead atoms. The molecule has 2 aromatic rings. The molecule has 0 amide bonds. The molecule has 16 heavy (non-hydrogen) atoms. The summed E-state index contributed by atoms with van der Waals surface area (Å²) < 4.78 is 1.91. The Bertz CT molecular complexity index is 444. The number of anilines is 1. The zero-order valence-corrected chi connectivity index (χ0v) is 9.64. The fourth-order valence-electron chi connectivity index (χ4n) is 1.51. The maximum Gasteiger partial charge on any atom is 0.151 e. The Morgan fingerprint density at radius 3 is 2.56 bits per heavy atom. The zero-order valence-electron chi connectivity index (χ0n) is 9.64. The lowest BCUT2D eigenvalue weighted by Gasteiger charge is -2.06. The largest absolute Gasteiger partial charge is 0.378 e. The number of hydrogen-bond donors (Lipinski definition) is 1. The van der Waals surface area contributed by atoms with Crippen molar-refractivity contribution in [2.75, 3.05) is 5.32 Å². The first kappa shape index (κ1) is 10.7. The van der Waals surface area contributed by atoms with Gasteiger partial charge in [0.05, 0.1) is 6.54 Å². The summed E-state index contributed by atoms with van der Waals surface area (Å²) in [5.74, 6) is 0.930. The number of aromatic nitrogens is 3. The van der Waals surface area contributed by atoms with Gasteiger partial charge in [-0.25, -0.2) is 0 Å². The average Bonchev–Trinajstić information content (AvgIpc) is 2.73. The molecule has 0 unspecified atom stereocenters. The second-order valence-electron chi connectivity index (χ2n) is 3.76. The summed E-state index contributed by atoms with van der Waals surface area (Å²) in [5, 5.41) is 11.2. The maximum atomic E-state index is 4.02. The Morgan fingerprint density at radius 2 is 2.00 bits per heavy atom. The highest BCUT2D eigenvalue weighted by Crippen LogP contribution is 2.10. The number of rotatable bonds is 4. The van der Waals surface area contributed by atoms with Crippen molar-refractivity contribution in [3.8, 4) is 0 Å². The van der Waals surface area contributed by atoms with Gasteiger partial charge in [-0.15, -0.1) is 10.2 Å². The van der Waals surface area contributed by atoms with Crippen LogP contribution in [0.25, 0.3) is 0 Å². The third-order valence-electron chi connectivity index (χ3n) is 2.62. The molecule has 1 heterocycles. The standard InChI is InChI=1S/C12H16N4/c1-3-10-4-6-11(7-5-10)13-8-12-15-14-9-16(12)2/h4-7,9,13H,3,8H2,1-2H3. The van der Waals surface area contributed by atoms with Crippen molar-refractivity contribution < 1.29 is 0 Å². The predicted molar refractivity (Wildman–Crippen MR) is 64.1 cm³/mol. The van der Waals surface area contributed by atoms with Gasteiger partial charge >= 0.3 is 0 Å². The molecule has 0 aliphatic rings. The van der Waals surface area contributed by atoms with Gasteiger partial charge in [0.1, 0.15) is 6.33 Å². The summed E-state index contributed by atoms with van der Waals surface area (Å²) in [5.41, 5.74) is 2.46. The average molecular weight is 216 g/mol. The number of benzene rings is 1. The van der Waals surface area contributed by atoms with E-state index in [1.54, 1.807) is 6.33 Å². The summed E-state index contributed by atoms with van der Waals surface area (Å²) >= 11 is 0. The molecule has 0 fully saturated rings. The van der Waals surface area contributed by atoms with E-state index >= 15 is 0 Å². The molecule has 0 saturated heterocycles. The molecular weight excluding hydrogens is 200 g/mol. The number of hydrogen-bond acceptors (Lipinski definition) is 3. The Kier molecular flexibility index (Phi) is 3.19. The minimum Gasteiger partial charge on any atom is -0.378 e. The molecule has 0 saturated carbocycles. The summed E-state index contributed by atoms with van der Waals surface area (Å²) in [4.78, 5) is 0. The number of nitrogens with one attached hydrogen (secondary N) is 1. The van der Waals surface area contributed by atoms with Crippen molar-refractivity contribution in [1.82, 2.24) is 14.8 Å². The van der Waals surface area contributed by atoms with Crippen molar-refractivity contribution in [2.45, 2.75) is 19.9 Å². The van der Waals surface area contributed by atoms with Gasteiger partial charge < -0.3 is 9.88 Å². The van der Waals surface area contributed by atoms with Gasteiger partial charge in [0.2, 0.25) is 0 Å². The summed E-state index contributed by atoms with van der Waals surface area (Å²) in [7, 11) is 1.94. The van der Waals surface area contributed by atoms with Crippen molar-refractivity contribution in [2.24, 2.45) is 7.05 Å². The fourth-order valence-corrected chi connectivity index (χ4v) is 1.51. The quantitative estimate of drug-likeness (QED) is 0.850. The summed E-state index contributed by atoms with van der Waals surface area (Å²) in [6, 6.07) is 8.46. The second-order valence-corrected chi connectivity index (χ2v) is 3.76. The molecule has 84 valence electrons. The molecular formula is C12H16N4. The van der Waals surface area contributed by atoms with Gasteiger partial charge in [0, 0.05) is 12.7 Å². The number of nitrogens with zero attached hydrogens (tertiary/aromatic N) is 3. The van der Waals surface area contributed by atoms with Crippen molar-refractivity contribution in [1.29, 1.82) is 0 Å². The van der Waals surface area contributed by atoms with E-state index in [9.17, 15) is 0 Å². The molecule has 0 spiro atoms. The van der Waals surface area contributed by atoms with Crippen LogP contribution in [0.3, 0.4) is 0 Å². The van der Waals surface area contributed by atoms with Crippen molar-refractivity contribution >= 4 is 5.69 Å². The van der Waals surface area contributed by atoms with Gasteiger partial charge in [-0.2, -0.15) is 0 Å². The van der Waals surface area contributed by atoms with E-state index in [0.717, 1.165) is 17.9 Å². The van der Waals surface area contributed by atoms with Crippen LogP contribution in [0.2, 0.25) is 0 Å². The molecule has 4 heteroatoms. The smallest absolute Gasteiger partial charge is 0.151 e. The highest BCUT2D eigenvalue weighted by Gasteiger charge is 1.99.